The van der Waals surface area contributed by atoms with Gasteiger partial charge in [0.1, 0.15) is 6.61 Å². The van der Waals surface area contributed by atoms with Crippen molar-refractivity contribution in [1.82, 2.24) is 0 Å². The molecule has 0 heterocycles. The highest BCUT2D eigenvalue weighted by Gasteiger charge is 2.58. The summed E-state index contributed by atoms with van der Waals surface area (Å²) in [7, 11) is 0. The van der Waals surface area contributed by atoms with Crippen molar-refractivity contribution in [2.45, 2.75) is 33.6 Å². The minimum Gasteiger partial charge on any atom is -0.460 e. The summed E-state index contributed by atoms with van der Waals surface area (Å²) in [6, 6.07) is 0. The molecule has 0 radical (unpaired) electrons. The third-order valence-electron chi connectivity index (χ3n) is 4.28. The van der Waals surface area contributed by atoms with Crippen LogP contribution in [0.4, 0.5) is 30.7 Å². The van der Waals surface area contributed by atoms with E-state index in [2.05, 4.69) is 4.74 Å². The monoisotopic (exact) mass is 416 g/mol. The topological polar surface area (TPSA) is 26.3 Å². The average Bonchev–Trinajstić information content (AvgIpc) is 3.10. The van der Waals surface area contributed by atoms with E-state index in [0.29, 0.717) is 0 Å². The van der Waals surface area contributed by atoms with E-state index in [1.807, 2.05) is 5.73 Å². The minimum atomic E-state index is -4.86. The number of carbonyl (C=O) groups excluding carboxylic acids is 1. The third kappa shape index (κ3) is 3.84. The first-order valence-corrected chi connectivity index (χ1v) is 7.81. The number of ether oxygens (including phenoxy) is 1. The van der Waals surface area contributed by atoms with E-state index in [-0.39, 0.29) is 5.57 Å². The van der Waals surface area contributed by atoms with E-state index < -0.39 is 69.5 Å². The summed E-state index contributed by atoms with van der Waals surface area (Å²) in [6.07, 6.45) is -4.86. The number of carbonyl (C=O) groups is 1. The maximum Gasteiger partial charge on any atom is 0.434 e. The van der Waals surface area contributed by atoms with E-state index in [4.69, 9.17) is 11.6 Å². The summed E-state index contributed by atoms with van der Waals surface area (Å²) in [5.41, 5.74) is -1.34. The number of hydrogen-bond acceptors (Lipinski definition) is 2. The van der Waals surface area contributed by atoms with Gasteiger partial charge in [-0.1, -0.05) is 31.2 Å². The molecule has 148 valence electrons. The summed E-state index contributed by atoms with van der Waals surface area (Å²) >= 11 is 5.08. The molecule has 0 aromatic heterocycles. The molecule has 1 fully saturated rings. The molecule has 1 aromatic rings. The summed E-state index contributed by atoms with van der Waals surface area (Å²) < 4.78 is 96.6. The lowest BCUT2D eigenvalue weighted by Crippen LogP contribution is -2.14. The number of rotatable bonds is 3. The van der Waals surface area contributed by atoms with Crippen LogP contribution in [-0.2, 0) is 16.1 Å². The molecule has 0 spiro atoms. The quantitative estimate of drug-likeness (QED) is 0.283. The number of alkyl halides is 3. The van der Waals surface area contributed by atoms with Crippen LogP contribution in [0.2, 0.25) is 0 Å². The second-order valence-corrected chi connectivity index (χ2v) is 6.85. The molecule has 27 heavy (non-hydrogen) atoms. The maximum atomic E-state index is 13.8. The molecule has 10 heteroatoms. The number of esters is 1. The van der Waals surface area contributed by atoms with Gasteiger partial charge in [0, 0.05) is 11.0 Å². The molecule has 0 unspecified atom stereocenters. The first-order chi connectivity index (χ1) is 12.2. The first-order valence-electron chi connectivity index (χ1n) is 7.43. The Labute approximate surface area is 154 Å². The molecule has 0 amide bonds. The molecule has 0 N–H and O–H groups in total. The zero-order chi connectivity index (χ0) is 20.9. The van der Waals surface area contributed by atoms with Crippen molar-refractivity contribution < 1.29 is 40.3 Å². The van der Waals surface area contributed by atoms with Crippen molar-refractivity contribution in [3.05, 3.63) is 50.7 Å². The smallest absolute Gasteiger partial charge is 0.434 e. The van der Waals surface area contributed by atoms with Gasteiger partial charge < -0.3 is 4.74 Å². The fourth-order valence-electron chi connectivity index (χ4n) is 2.52. The Bertz CT molecular complexity index is 851. The van der Waals surface area contributed by atoms with Gasteiger partial charge in [-0.3, -0.25) is 4.79 Å². The predicted molar refractivity (Wildman–Crippen MR) is 80.5 cm³/mol. The molecule has 0 bridgehead atoms. The van der Waals surface area contributed by atoms with Gasteiger partial charge in [0.15, 0.2) is 28.3 Å². The Morgan fingerprint density at radius 3 is 2.04 bits per heavy atom. The number of hydrogen-bond donors (Lipinski definition) is 0. The van der Waals surface area contributed by atoms with E-state index in [1.54, 1.807) is 0 Å². The SMILES string of the molecule is Cc1c(F)c(F)c(COC(=O)[C@H]2C(=C=C(Cl)C(F)(F)F)C2(C)C)c(F)c1F. The van der Waals surface area contributed by atoms with Crippen LogP contribution in [0, 0.1) is 41.5 Å². The van der Waals surface area contributed by atoms with Crippen LogP contribution in [0.3, 0.4) is 0 Å². The van der Waals surface area contributed by atoms with Gasteiger partial charge in [-0.05, 0) is 12.5 Å². The highest BCUT2D eigenvalue weighted by atomic mass is 35.5. The molecule has 1 aliphatic rings. The van der Waals surface area contributed by atoms with E-state index in [0.717, 1.165) is 6.92 Å². The number of halogens is 8. The minimum absolute atomic E-state index is 0.114. The summed E-state index contributed by atoms with van der Waals surface area (Å²) in [5.74, 6) is -9.02. The first kappa shape index (κ1) is 21.3. The highest BCUT2D eigenvalue weighted by Crippen LogP contribution is 2.58. The summed E-state index contributed by atoms with van der Waals surface area (Å²) in [6.45, 7) is 2.51. The molecule has 1 aliphatic carbocycles. The molecule has 0 aliphatic heterocycles. The second kappa shape index (κ2) is 6.87. The van der Waals surface area contributed by atoms with Gasteiger partial charge in [0.05, 0.1) is 11.5 Å². The molecule has 1 aromatic carbocycles. The van der Waals surface area contributed by atoms with E-state index in [9.17, 15) is 35.5 Å². The second-order valence-electron chi connectivity index (χ2n) is 6.47. The summed E-state index contributed by atoms with van der Waals surface area (Å²) in [4.78, 5) is 12.0. The Morgan fingerprint density at radius 2 is 1.59 bits per heavy atom. The molecule has 1 atom stereocenters. The van der Waals surface area contributed by atoms with Crippen LogP contribution in [0.5, 0.6) is 0 Å². The van der Waals surface area contributed by atoms with Crippen molar-refractivity contribution >= 4 is 17.6 Å². The van der Waals surface area contributed by atoms with Gasteiger partial charge >= 0.3 is 12.1 Å². The van der Waals surface area contributed by atoms with Gasteiger partial charge in [-0.25, -0.2) is 17.6 Å². The van der Waals surface area contributed by atoms with Crippen molar-refractivity contribution in [3.8, 4) is 0 Å². The lowest BCUT2D eigenvalue weighted by atomic mass is 10.1. The van der Waals surface area contributed by atoms with Crippen LogP contribution >= 0.6 is 11.6 Å². The Kier molecular flexibility index (Phi) is 5.42. The van der Waals surface area contributed by atoms with Crippen LogP contribution in [0.1, 0.15) is 25.0 Å². The van der Waals surface area contributed by atoms with Crippen LogP contribution in [-0.4, -0.2) is 12.1 Å². The van der Waals surface area contributed by atoms with Gasteiger partial charge in [-0.15, -0.1) is 0 Å². The zero-order valence-electron chi connectivity index (χ0n) is 14.1. The molecular formula is C17H12ClF7O2. The fraction of sp³-hybridized carbons (Fsp3) is 0.412. The zero-order valence-corrected chi connectivity index (χ0v) is 14.9. The lowest BCUT2D eigenvalue weighted by molar-refractivity contribution is -0.147. The van der Waals surface area contributed by atoms with Crippen LogP contribution in [0.25, 0.3) is 0 Å². The lowest BCUT2D eigenvalue weighted by Gasteiger charge is -2.10. The van der Waals surface area contributed by atoms with Crippen molar-refractivity contribution in [2.75, 3.05) is 0 Å². The average molecular weight is 417 g/mol. The molecule has 2 rings (SSSR count). The summed E-state index contributed by atoms with van der Waals surface area (Å²) in [5, 5.41) is -1.57. The Balaban J connectivity index is 2.25. The van der Waals surface area contributed by atoms with E-state index in [1.165, 1.54) is 13.8 Å². The van der Waals surface area contributed by atoms with Crippen molar-refractivity contribution in [1.29, 1.82) is 0 Å². The normalized spacial score (nSPS) is 18.2. The van der Waals surface area contributed by atoms with Crippen LogP contribution in [0.15, 0.2) is 16.3 Å². The Hall–Kier alpha value is -1.99. The molecule has 0 saturated heterocycles. The largest absolute Gasteiger partial charge is 0.460 e. The number of benzene rings is 1. The van der Waals surface area contributed by atoms with Gasteiger partial charge in [-0.2, -0.15) is 13.2 Å². The molecule has 1 saturated carbocycles. The van der Waals surface area contributed by atoms with Crippen molar-refractivity contribution in [3.63, 3.8) is 0 Å². The third-order valence-corrected chi connectivity index (χ3v) is 4.59. The Morgan fingerprint density at radius 1 is 1.11 bits per heavy atom. The molecule has 2 nitrogen and oxygen atoms in total. The fourth-order valence-corrected chi connectivity index (χ4v) is 2.62. The van der Waals surface area contributed by atoms with E-state index >= 15 is 0 Å². The van der Waals surface area contributed by atoms with Crippen molar-refractivity contribution in [2.24, 2.45) is 11.3 Å². The molecular weight excluding hydrogens is 405 g/mol. The highest BCUT2D eigenvalue weighted by molar-refractivity contribution is 6.30. The van der Waals surface area contributed by atoms with Gasteiger partial charge in [0.25, 0.3) is 0 Å². The van der Waals surface area contributed by atoms with Gasteiger partial charge in [0.2, 0.25) is 0 Å². The van der Waals surface area contributed by atoms with Crippen LogP contribution < -0.4 is 0 Å². The predicted octanol–water partition coefficient (Wildman–Crippen LogP) is 5.46. The standard InChI is InChI=1S/C17H12ClF7O2/c1-6-11(19)13(21)7(14(22)12(6)20)5-27-15(26)10-8(16(10,2)3)4-9(18)17(23,24)25/h10H,5H2,1-3H3/t4?,10-/m1/s1. The maximum absolute atomic E-state index is 13.8.